The van der Waals surface area contributed by atoms with Gasteiger partial charge in [0, 0.05) is 22.5 Å². The Morgan fingerprint density at radius 3 is 2.86 bits per heavy atom. The molecule has 0 saturated heterocycles. The number of sulfonamides is 1. The first-order chi connectivity index (χ1) is 13.3. The molecule has 0 spiro atoms. The molecule has 1 aliphatic rings. The van der Waals surface area contributed by atoms with Crippen LogP contribution in [0.3, 0.4) is 0 Å². The summed E-state index contributed by atoms with van der Waals surface area (Å²) in [6, 6.07) is 8.53. The first kappa shape index (κ1) is 18.9. The maximum absolute atomic E-state index is 13.0. The molecule has 9 heteroatoms. The minimum absolute atomic E-state index is 0.0257. The molecule has 1 aromatic heterocycles. The number of halogens is 1. The van der Waals surface area contributed by atoms with Crippen molar-refractivity contribution in [1.82, 2.24) is 14.5 Å². The highest BCUT2D eigenvalue weighted by Crippen LogP contribution is 2.43. The molecule has 1 unspecified atom stereocenters. The van der Waals surface area contributed by atoms with Gasteiger partial charge >= 0.3 is 0 Å². The highest BCUT2D eigenvalue weighted by atomic mass is 79.9. The van der Waals surface area contributed by atoms with Gasteiger partial charge in [-0.1, -0.05) is 28.1 Å². The van der Waals surface area contributed by atoms with Crippen molar-refractivity contribution in [2.24, 2.45) is 7.05 Å². The normalized spacial score (nSPS) is 16.2. The lowest BCUT2D eigenvalue weighted by molar-refractivity contribution is -0.120. The summed E-state index contributed by atoms with van der Waals surface area (Å²) < 4.78 is 36.0. The number of aromatic nitrogens is 2. The quantitative estimate of drug-likeness (QED) is 0.642. The van der Waals surface area contributed by atoms with E-state index in [-0.39, 0.29) is 4.90 Å². The zero-order valence-corrected chi connectivity index (χ0v) is 17.7. The summed E-state index contributed by atoms with van der Waals surface area (Å²) in [5.74, 6) is -0.570. The van der Waals surface area contributed by atoms with E-state index < -0.39 is 21.8 Å². The van der Waals surface area contributed by atoms with Gasteiger partial charge in [-0.3, -0.25) is 9.48 Å². The van der Waals surface area contributed by atoms with E-state index in [1.165, 1.54) is 17.9 Å². The standard InChI is InChI=1S/C19H18BrN3O4S/c1-23-18-11(10-21-23)4-3-5-16(18)28(25,26)22-19(24)13-7-6-12-14(20)8-9-15(27-2)17(12)13/h3-5,8-10,13H,6-7H2,1-2H3,(H,22,24). The number of fused-ring (bicyclic) bond motifs is 2. The van der Waals surface area contributed by atoms with E-state index in [1.807, 2.05) is 6.07 Å². The second-order valence-electron chi connectivity index (χ2n) is 6.67. The molecule has 7 nitrogen and oxygen atoms in total. The third-order valence-electron chi connectivity index (χ3n) is 5.08. The van der Waals surface area contributed by atoms with Crippen molar-refractivity contribution in [3.8, 4) is 5.75 Å². The van der Waals surface area contributed by atoms with E-state index >= 15 is 0 Å². The van der Waals surface area contributed by atoms with Crippen LogP contribution >= 0.6 is 15.9 Å². The largest absolute Gasteiger partial charge is 0.496 e. The molecule has 1 amide bonds. The van der Waals surface area contributed by atoms with Crippen molar-refractivity contribution in [3.63, 3.8) is 0 Å². The summed E-state index contributed by atoms with van der Waals surface area (Å²) in [7, 11) is -0.857. The number of nitrogens with one attached hydrogen (secondary N) is 1. The Bertz CT molecular complexity index is 1200. The predicted molar refractivity (Wildman–Crippen MR) is 108 cm³/mol. The maximum Gasteiger partial charge on any atom is 0.266 e. The minimum atomic E-state index is -4.06. The van der Waals surface area contributed by atoms with Crippen LogP contribution in [0, 0.1) is 0 Å². The summed E-state index contributed by atoms with van der Waals surface area (Å²) in [6.07, 6.45) is 2.78. The van der Waals surface area contributed by atoms with Gasteiger partial charge < -0.3 is 4.74 Å². The van der Waals surface area contributed by atoms with Gasteiger partial charge in [0.15, 0.2) is 0 Å². The van der Waals surface area contributed by atoms with Crippen LogP contribution in [0.1, 0.15) is 23.5 Å². The van der Waals surface area contributed by atoms with Crippen LogP contribution in [-0.2, 0) is 28.3 Å². The van der Waals surface area contributed by atoms with Crippen LogP contribution < -0.4 is 9.46 Å². The Kier molecular flexibility index (Phi) is 4.67. The molecule has 28 heavy (non-hydrogen) atoms. The topological polar surface area (TPSA) is 90.3 Å². The summed E-state index contributed by atoms with van der Waals surface area (Å²) in [5, 5.41) is 4.80. The molecular weight excluding hydrogens is 446 g/mol. The SMILES string of the molecule is COc1ccc(Br)c2c1C(C(=O)NS(=O)(=O)c1cccc3cnn(C)c13)CC2. The lowest BCUT2D eigenvalue weighted by Crippen LogP contribution is -2.34. The molecule has 1 atom stereocenters. The van der Waals surface area contributed by atoms with Crippen molar-refractivity contribution >= 4 is 42.8 Å². The van der Waals surface area contributed by atoms with Gasteiger partial charge in [0.05, 0.1) is 24.7 Å². The van der Waals surface area contributed by atoms with Gasteiger partial charge in [0.2, 0.25) is 5.91 Å². The van der Waals surface area contributed by atoms with Crippen LogP contribution in [0.5, 0.6) is 5.75 Å². The number of benzene rings is 2. The molecule has 1 aliphatic carbocycles. The van der Waals surface area contributed by atoms with E-state index in [4.69, 9.17) is 4.74 Å². The summed E-state index contributed by atoms with van der Waals surface area (Å²) in [5.41, 5.74) is 2.17. The lowest BCUT2D eigenvalue weighted by Gasteiger charge is -2.16. The highest BCUT2D eigenvalue weighted by molar-refractivity contribution is 9.10. The second kappa shape index (κ2) is 6.89. The van der Waals surface area contributed by atoms with Gasteiger partial charge in [-0.25, -0.2) is 13.1 Å². The average molecular weight is 464 g/mol. The average Bonchev–Trinajstić information content (AvgIpc) is 3.27. The van der Waals surface area contributed by atoms with Crippen LogP contribution in [0.25, 0.3) is 10.9 Å². The van der Waals surface area contributed by atoms with Crippen molar-refractivity contribution in [2.75, 3.05) is 7.11 Å². The molecule has 1 heterocycles. The van der Waals surface area contributed by atoms with Crippen LogP contribution in [0.4, 0.5) is 0 Å². The molecule has 0 saturated carbocycles. The fourth-order valence-corrected chi connectivity index (χ4v) is 5.62. The van der Waals surface area contributed by atoms with Crippen LogP contribution in [0.15, 0.2) is 45.9 Å². The van der Waals surface area contributed by atoms with Crippen LogP contribution in [0.2, 0.25) is 0 Å². The number of rotatable bonds is 4. The number of methoxy groups -OCH3 is 1. The van der Waals surface area contributed by atoms with Gasteiger partial charge in [-0.15, -0.1) is 0 Å². The monoisotopic (exact) mass is 463 g/mol. The fraction of sp³-hybridized carbons (Fsp3) is 0.263. The van der Waals surface area contributed by atoms with Crippen molar-refractivity contribution in [3.05, 3.63) is 52.1 Å². The van der Waals surface area contributed by atoms with E-state index in [0.29, 0.717) is 29.5 Å². The van der Waals surface area contributed by atoms with Gasteiger partial charge in [-0.05, 0) is 36.6 Å². The molecule has 0 aliphatic heterocycles. The number of hydrogen-bond donors (Lipinski definition) is 1. The number of carbonyl (C=O) groups excluding carboxylic acids is 1. The zero-order valence-electron chi connectivity index (χ0n) is 15.3. The Balaban J connectivity index is 1.70. The number of carbonyl (C=O) groups is 1. The van der Waals surface area contributed by atoms with Gasteiger partial charge in [0.1, 0.15) is 10.6 Å². The highest BCUT2D eigenvalue weighted by Gasteiger charge is 2.35. The van der Waals surface area contributed by atoms with E-state index in [2.05, 4.69) is 25.8 Å². The van der Waals surface area contributed by atoms with Crippen molar-refractivity contribution in [2.45, 2.75) is 23.7 Å². The molecule has 4 rings (SSSR count). The molecule has 3 aromatic rings. The Hall–Kier alpha value is -2.39. The first-order valence-corrected chi connectivity index (χ1v) is 10.9. The van der Waals surface area contributed by atoms with Crippen LogP contribution in [-0.4, -0.2) is 31.2 Å². The predicted octanol–water partition coefficient (Wildman–Crippen LogP) is 2.88. The Morgan fingerprint density at radius 1 is 1.32 bits per heavy atom. The van der Waals surface area contributed by atoms with Crippen molar-refractivity contribution in [1.29, 1.82) is 0 Å². The molecule has 1 N–H and O–H groups in total. The van der Waals surface area contributed by atoms with Gasteiger partial charge in [0.25, 0.3) is 10.0 Å². The molecule has 0 fully saturated rings. The number of ether oxygens (including phenoxy) is 1. The molecule has 0 bridgehead atoms. The number of para-hydroxylation sites is 1. The number of aryl methyl sites for hydroxylation is 1. The fourth-order valence-electron chi connectivity index (χ4n) is 3.80. The van der Waals surface area contributed by atoms with E-state index in [0.717, 1.165) is 15.6 Å². The Morgan fingerprint density at radius 2 is 2.11 bits per heavy atom. The number of amides is 1. The molecule has 146 valence electrons. The van der Waals surface area contributed by atoms with Gasteiger partial charge in [-0.2, -0.15) is 5.10 Å². The smallest absolute Gasteiger partial charge is 0.266 e. The van der Waals surface area contributed by atoms with Crippen molar-refractivity contribution < 1.29 is 17.9 Å². The molecule has 0 radical (unpaired) electrons. The molecular formula is C19H18BrN3O4S. The third kappa shape index (κ3) is 2.98. The molecule has 2 aromatic carbocycles. The zero-order chi connectivity index (χ0) is 20.1. The minimum Gasteiger partial charge on any atom is -0.496 e. The lowest BCUT2D eigenvalue weighted by atomic mass is 10.00. The third-order valence-corrected chi connectivity index (χ3v) is 7.20. The van der Waals surface area contributed by atoms with E-state index in [1.54, 1.807) is 31.4 Å². The Labute approximate surface area is 170 Å². The maximum atomic E-state index is 13.0. The second-order valence-corrected chi connectivity index (χ2v) is 9.17. The number of hydrogen-bond acceptors (Lipinski definition) is 5. The summed E-state index contributed by atoms with van der Waals surface area (Å²) in [4.78, 5) is 13.0. The summed E-state index contributed by atoms with van der Waals surface area (Å²) >= 11 is 3.50. The summed E-state index contributed by atoms with van der Waals surface area (Å²) in [6.45, 7) is 0. The first-order valence-electron chi connectivity index (χ1n) is 8.66. The van der Waals surface area contributed by atoms with E-state index in [9.17, 15) is 13.2 Å². The number of nitrogens with zero attached hydrogens (tertiary/aromatic N) is 2.